The second-order valence-corrected chi connectivity index (χ2v) is 8.35. The lowest BCUT2D eigenvalue weighted by Gasteiger charge is -2.25. The third kappa shape index (κ3) is 3.35. The highest BCUT2D eigenvalue weighted by atomic mass is 32.1. The van der Waals surface area contributed by atoms with Crippen molar-refractivity contribution in [1.29, 1.82) is 0 Å². The number of hydrogen-bond acceptors (Lipinski definition) is 7. The van der Waals surface area contributed by atoms with Crippen molar-refractivity contribution >= 4 is 39.7 Å². The molecular formula is C25H19NO6S. The Bertz CT molecular complexity index is 1380. The van der Waals surface area contributed by atoms with E-state index in [4.69, 9.17) is 13.9 Å². The lowest BCUT2D eigenvalue weighted by Crippen LogP contribution is -2.30. The molecule has 166 valence electrons. The lowest BCUT2D eigenvalue weighted by molar-refractivity contribution is -0.117. The summed E-state index contributed by atoms with van der Waals surface area (Å²) in [4.78, 5) is 28.9. The third-order valence-corrected chi connectivity index (χ3v) is 6.49. The molecule has 1 aliphatic rings. The van der Waals surface area contributed by atoms with E-state index in [2.05, 4.69) is 0 Å². The fraction of sp³-hybridized carbons (Fsp3) is 0.120. The number of thiophene rings is 1. The van der Waals surface area contributed by atoms with E-state index >= 15 is 0 Å². The predicted molar refractivity (Wildman–Crippen MR) is 124 cm³/mol. The number of para-hydroxylation sites is 1. The number of aliphatic hydroxyl groups excluding tert-OH is 1. The van der Waals surface area contributed by atoms with Crippen LogP contribution < -0.4 is 14.4 Å². The van der Waals surface area contributed by atoms with Crippen LogP contribution in [0.2, 0.25) is 0 Å². The number of anilines is 1. The maximum atomic E-state index is 13.6. The van der Waals surface area contributed by atoms with Crippen molar-refractivity contribution in [3.05, 3.63) is 88.0 Å². The molecule has 1 amide bonds. The molecule has 4 aromatic rings. The molecular weight excluding hydrogens is 442 g/mol. The summed E-state index contributed by atoms with van der Waals surface area (Å²) in [5.74, 6) is -0.683. The average molecular weight is 461 g/mol. The summed E-state index contributed by atoms with van der Waals surface area (Å²) >= 11 is 1.39. The van der Waals surface area contributed by atoms with Crippen molar-refractivity contribution in [2.45, 2.75) is 6.04 Å². The van der Waals surface area contributed by atoms with Crippen LogP contribution in [-0.4, -0.2) is 31.0 Å². The summed E-state index contributed by atoms with van der Waals surface area (Å²) in [6.45, 7) is 0. The van der Waals surface area contributed by atoms with Crippen molar-refractivity contribution in [3.8, 4) is 11.5 Å². The largest absolute Gasteiger partial charge is 0.503 e. The molecule has 1 atom stereocenters. The second kappa shape index (κ2) is 8.14. The molecule has 2 aromatic carbocycles. The predicted octanol–water partition coefficient (Wildman–Crippen LogP) is 5.29. The van der Waals surface area contributed by atoms with Crippen LogP contribution in [0.15, 0.2) is 81.8 Å². The van der Waals surface area contributed by atoms with E-state index in [0.717, 1.165) is 4.88 Å². The molecule has 0 aliphatic carbocycles. The maximum Gasteiger partial charge on any atom is 0.294 e. The molecule has 8 heteroatoms. The number of fused-ring (bicyclic) bond motifs is 1. The summed E-state index contributed by atoms with van der Waals surface area (Å²) in [5.41, 5.74) is 0.920. The van der Waals surface area contributed by atoms with Crippen LogP contribution in [0.5, 0.6) is 11.5 Å². The molecule has 0 fully saturated rings. The van der Waals surface area contributed by atoms with Gasteiger partial charge in [0.05, 0.1) is 19.8 Å². The molecule has 1 N–H and O–H groups in total. The maximum absolute atomic E-state index is 13.6. The molecule has 0 bridgehead atoms. The highest BCUT2D eigenvalue weighted by Crippen LogP contribution is 2.44. The van der Waals surface area contributed by atoms with Crippen LogP contribution in [0.25, 0.3) is 11.0 Å². The topological polar surface area (TPSA) is 89.2 Å². The zero-order valence-corrected chi connectivity index (χ0v) is 18.6. The first kappa shape index (κ1) is 20.8. The van der Waals surface area contributed by atoms with E-state index < -0.39 is 23.5 Å². The Morgan fingerprint density at radius 2 is 1.85 bits per heavy atom. The summed E-state index contributed by atoms with van der Waals surface area (Å²) in [7, 11) is 3.07. The smallest absolute Gasteiger partial charge is 0.294 e. The highest BCUT2D eigenvalue weighted by molar-refractivity contribution is 7.10. The van der Waals surface area contributed by atoms with E-state index in [0.29, 0.717) is 28.2 Å². The molecule has 0 saturated heterocycles. The lowest BCUT2D eigenvalue weighted by atomic mass is 10.00. The Morgan fingerprint density at radius 3 is 2.52 bits per heavy atom. The van der Waals surface area contributed by atoms with Gasteiger partial charge in [-0.1, -0.05) is 18.2 Å². The van der Waals surface area contributed by atoms with Gasteiger partial charge in [-0.05, 0) is 47.8 Å². The number of aliphatic hydroxyl groups is 1. The average Bonchev–Trinajstić information content (AvgIpc) is 3.57. The number of ether oxygens (including phenoxy) is 2. The van der Waals surface area contributed by atoms with E-state index in [-0.39, 0.29) is 11.3 Å². The Morgan fingerprint density at radius 1 is 1.06 bits per heavy atom. The minimum Gasteiger partial charge on any atom is -0.503 e. The van der Waals surface area contributed by atoms with Gasteiger partial charge in [0.2, 0.25) is 5.78 Å². The monoisotopic (exact) mass is 461 g/mol. The molecule has 2 aromatic heterocycles. The van der Waals surface area contributed by atoms with Gasteiger partial charge in [-0.3, -0.25) is 14.5 Å². The van der Waals surface area contributed by atoms with Gasteiger partial charge in [0.1, 0.15) is 11.8 Å². The zero-order valence-electron chi connectivity index (χ0n) is 17.8. The van der Waals surface area contributed by atoms with Crippen LogP contribution in [0.4, 0.5) is 5.69 Å². The van der Waals surface area contributed by atoms with Crippen molar-refractivity contribution in [2.24, 2.45) is 0 Å². The van der Waals surface area contributed by atoms with Gasteiger partial charge >= 0.3 is 0 Å². The fourth-order valence-corrected chi connectivity index (χ4v) is 4.83. The van der Waals surface area contributed by atoms with E-state index in [1.165, 1.54) is 23.3 Å². The van der Waals surface area contributed by atoms with Gasteiger partial charge < -0.3 is 19.0 Å². The number of benzene rings is 2. The fourth-order valence-electron chi connectivity index (χ4n) is 4.00. The molecule has 5 rings (SSSR count). The Balaban J connectivity index is 1.62. The van der Waals surface area contributed by atoms with Crippen LogP contribution in [-0.2, 0) is 4.79 Å². The van der Waals surface area contributed by atoms with Crippen molar-refractivity contribution in [3.63, 3.8) is 0 Å². The zero-order chi connectivity index (χ0) is 23.1. The standard InChI is InChI=1S/C25H19NO6S/c1-30-16-10-8-15(9-11-16)26-21(19-7-4-12-33-19)20(23(28)25(26)29)22(27)18-13-14-5-3-6-17(31-2)24(14)32-18/h3-13,21,28H,1-2H3. The molecule has 1 aliphatic heterocycles. The number of amides is 1. The van der Waals surface area contributed by atoms with Crippen molar-refractivity contribution < 1.29 is 28.6 Å². The number of carbonyl (C=O) groups is 2. The molecule has 1 unspecified atom stereocenters. The number of Topliss-reactive ketones (excluding diaryl/α,β-unsaturated/α-hetero) is 1. The van der Waals surface area contributed by atoms with Gasteiger partial charge in [-0.15, -0.1) is 11.3 Å². The molecule has 33 heavy (non-hydrogen) atoms. The number of furan rings is 1. The Hall–Kier alpha value is -4.04. The van der Waals surface area contributed by atoms with Crippen molar-refractivity contribution in [1.82, 2.24) is 0 Å². The highest BCUT2D eigenvalue weighted by Gasteiger charge is 2.45. The van der Waals surface area contributed by atoms with Crippen LogP contribution in [0, 0.1) is 0 Å². The third-order valence-electron chi connectivity index (χ3n) is 5.57. The number of carbonyl (C=O) groups excluding carboxylic acids is 2. The van der Waals surface area contributed by atoms with Crippen molar-refractivity contribution in [2.75, 3.05) is 19.1 Å². The summed E-state index contributed by atoms with van der Waals surface area (Å²) in [6, 6.07) is 16.6. The van der Waals surface area contributed by atoms with Gasteiger partial charge in [0.15, 0.2) is 22.9 Å². The molecule has 0 radical (unpaired) electrons. The minimum atomic E-state index is -0.798. The number of hydrogen-bond donors (Lipinski definition) is 1. The number of ketones is 1. The van der Waals surface area contributed by atoms with Gasteiger partial charge in [-0.25, -0.2) is 0 Å². The first-order chi connectivity index (χ1) is 16.0. The summed E-state index contributed by atoms with van der Waals surface area (Å²) < 4.78 is 16.3. The first-order valence-corrected chi connectivity index (χ1v) is 11.0. The molecule has 7 nitrogen and oxygen atoms in total. The van der Waals surface area contributed by atoms with Gasteiger partial charge in [-0.2, -0.15) is 0 Å². The quantitative estimate of drug-likeness (QED) is 0.392. The van der Waals surface area contributed by atoms with Crippen LogP contribution >= 0.6 is 11.3 Å². The first-order valence-electron chi connectivity index (χ1n) is 10.1. The number of rotatable bonds is 6. The molecule has 3 heterocycles. The normalized spacial score (nSPS) is 16.0. The van der Waals surface area contributed by atoms with Gasteiger partial charge in [0, 0.05) is 16.0 Å². The molecule has 0 saturated carbocycles. The second-order valence-electron chi connectivity index (χ2n) is 7.37. The van der Waals surface area contributed by atoms with Gasteiger partial charge in [0.25, 0.3) is 5.91 Å². The van der Waals surface area contributed by atoms with E-state index in [1.807, 2.05) is 17.5 Å². The number of nitrogens with zero attached hydrogens (tertiary/aromatic N) is 1. The Kier molecular flexibility index (Phi) is 5.14. The summed E-state index contributed by atoms with van der Waals surface area (Å²) in [5, 5.41) is 13.4. The van der Waals surface area contributed by atoms with Crippen LogP contribution in [0.3, 0.4) is 0 Å². The molecule has 0 spiro atoms. The minimum absolute atomic E-state index is 0.0157. The van der Waals surface area contributed by atoms with E-state index in [9.17, 15) is 14.7 Å². The summed E-state index contributed by atoms with van der Waals surface area (Å²) in [6.07, 6.45) is 0. The SMILES string of the molecule is COc1ccc(N2C(=O)C(O)=C(C(=O)c3cc4cccc(OC)c4o3)C2c2cccs2)cc1. The Labute approximate surface area is 193 Å². The van der Waals surface area contributed by atoms with E-state index in [1.54, 1.807) is 55.6 Å². The number of methoxy groups -OCH3 is 2. The van der Waals surface area contributed by atoms with Crippen LogP contribution in [0.1, 0.15) is 21.5 Å².